The van der Waals surface area contributed by atoms with E-state index < -0.39 is 0 Å². The molecule has 0 aromatic heterocycles. The maximum absolute atomic E-state index is 12.9. The van der Waals surface area contributed by atoms with E-state index in [1.807, 2.05) is 49.4 Å². The van der Waals surface area contributed by atoms with Crippen LogP contribution < -0.4 is 14.5 Å². The van der Waals surface area contributed by atoms with Crippen molar-refractivity contribution in [2.75, 3.05) is 43.1 Å². The lowest BCUT2D eigenvalue weighted by molar-refractivity contribution is -0.135. The van der Waals surface area contributed by atoms with E-state index in [1.165, 1.54) is 5.56 Å². The molecule has 0 N–H and O–H groups in total. The Bertz CT molecular complexity index is 906. The van der Waals surface area contributed by atoms with Gasteiger partial charge in [0, 0.05) is 37.9 Å². The van der Waals surface area contributed by atoms with Crippen LogP contribution in [0.2, 0.25) is 0 Å². The minimum atomic E-state index is -0.111. The molecule has 2 aromatic rings. The van der Waals surface area contributed by atoms with Crippen molar-refractivity contribution in [3.63, 3.8) is 0 Å². The second kappa shape index (κ2) is 8.15. The van der Waals surface area contributed by atoms with Gasteiger partial charge in [0.2, 0.25) is 11.8 Å². The number of piperazine rings is 1. The lowest BCUT2D eigenvalue weighted by Crippen LogP contribution is -2.50. The highest BCUT2D eigenvalue weighted by Gasteiger charge is 2.33. The van der Waals surface area contributed by atoms with Gasteiger partial charge in [-0.25, -0.2) is 0 Å². The highest BCUT2D eigenvalue weighted by molar-refractivity contribution is 6.06. The third kappa shape index (κ3) is 3.79. The third-order valence-corrected chi connectivity index (χ3v) is 5.84. The Morgan fingerprint density at radius 1 is 0.931 bits per heavy atom. The van der Waals surface area contributed by atoms with Crippen molar-refractivity contribution in [1.82, 2.24) is 4.90 Å². The van der Waals surface area contributed by atoms with Crippen LogP contribution in [0.3, 0.4) is 0 Å². The molecule has 1 unspecified atom stereocenters. The van der Waals surface area contributed by atoms with Crippen LogP contribution in [0.15, 0.2) is 48.5 Å². The first-order valence-electron chi connectivity index (χ1n) is 10.1. The standard InChI is InChI=1S/C23H27N3O3/c1-17-15-18-7-3-4-8-19(18)26(17)23(28)16-22(27)25-13-11-24(12-14-25)20-9-5-6-10-21(20)29-2/h3-10,17H,11-16H2,1-2H3. The molecule has 2 aliphatic rings. The summed E-state index contributed by atoms with van der Waals surface area (Å²) in [6.45, 7) is 4.70. The van der Waals surface area contributed by atoms with Gasteiger partial charge in [-0.3, -0.25) is 9.59 Å². The number of carbonyl (C=O) groups excluding carboxylic acids is 2. The Balaban J connectivity index is 1.36. The largest absolute Gasteiger partial charge is 0.495 e. The molecule has 0 bridgehead atoms. The zero-order valence-electron chi connectivity index (χ0n) is 17.0. The molecule has 0 spiro atoms. The van der Waals surface area contributed by atoms with E-state index in [4.69, 9.17) is 4.74 Å². The predicted octanol–water partition coefficient (Wildman–Crippen LogP) is 2.71. The van der Waals surface area contributed by atoms with Gasteiger partial charge in [0.25, 0.3) is 0 Å². The van der Waals surface area contributed by atoms with Crippen molar-refractivity contribution in [3.8, 4) is 5.75 Å². The van der Waals surface area contributed by atoms with E-state index in [-0.39, 0.29) is 24.3 Å². The molecule has 2 heterocycles. The van der Waals surface area contributed by atoms with Crippen LogP contribution in [0, 0.1) is 0 Å². The molecule has 6 heteroatoms. The molecule has 0 radical (unpaired) electrons. The van der Waals surface area contributed by atoms with E-state index in [2.05, 4.69) is 11.0 Å². The van der Waals surface area contributed by atoms with Crippen LogP contribution in [-0.2, 0) is 16.0 Å². The van der Waals surface area contributed by atoms with Crippen molar-refractivity contribution >= 4 is 23.2 Å². The molecular formula is C23H27N3O3. The minimum Gasteiger partial charge on any atom is -0.495 e. The number of methoxy groups -OCH3 is 1. The Hall–Kier alpha value is -3.02. The van der Waals surface area contributed by atoms with Gasteiger partial charge >= 0.3 is 0 Å². The predicted molar refractivity (Wildman–Crippen MR) is 113 cm³/mol. The number of rotatable bonds is 4. The first kappa shape index (κ1) is 19.3. The van der Waals surface area contributed by atoms with Gasteiger partial charge in [0.15, 0.2) is 0 Å². The molecule has 1 atom stereocenters. The molecule has 6 nitrogen and oxygen atoms in total. The molecule has 1 fully saturated rings. The molecule has 2 aromatic carbocycles. The van der Waals surface area contributed by atoms with Gasteiger partial charge in [0.1, 0.15) is 12.2 Å². The quantitative estimate of drug-likeness (QED) is 0.750. The summed E-state index contributed by atoms with van der Waals surface area (Å²) in [6, 6.07) is 16.0. The number of anilines is 2. The fraction of sp³-hybridized carbons (Fsp3) is 0.391. The highest BCUT2D eigenvalue weighted by Crippen LogP contribution is 2.32. The monoisotopic (exact) mass is 393 g/mol. The lowest BCUT2D eigenvalue weighted by Gasteiger charge is -2.36. The average Bonchev–Trinajstić information content (AvgIpc) is 3.09. The number of carbonyl (C=O) groups is 2. The van der Waals surface area contributed by atoms with Gasteiger partial charge in [-0.1, -0.05) is 30.3 Å². The molecule has 29 heavy (non-hydrogen) atoms. The van der Waals surface area contributed by atoms with Crippen LogP contribution in [0.1, 0.15) is 18.9 Å². The van der Waals surface area contributed by atoms with Crippen LogP contribution in [0.4, 0.5) is 11.4 Å². The Morgan fingerprint density at radius 2 is 1.59 bits per heavy atom. The first-order chi connectivity index (χ1) is 14.1. The molecular weight excluding hydrogens is 366 g/mol. The van der Waals surface area contributed by atoms with Crippen molar-refractivity contribution in [2.45, 2.75) is 25.8 Å². The van der Waals surface area contributed by atoms with E-state index in [9.17, 15) is 9.59 Å². The summed E-state index contributed by atoms with van der Waals surface area (Å²) in [7, 11) is 1.67. The van der Waals surface area contributed by atoms with Crippen molar-refractivity contribution in [2.24, 2.45) is 0 Å². The molecule has 152 valence electrons. The third-order valence-electron chi connectivity index (χ3n) is 5.84. The SMILES string of the molecule is COc1ccccc1N1CCN(C(=O)CC(=O)N2c3ccccc3CC2C)CC1. The van der Waals surface area contributed by atoms with Crippen LogP contribution in [0.25, 0.3) is 0 Å². The van der Waals surface area contributed by atoms with Gasteiger partial charge in [0.05, 0.1) is 12.8 Å². The van der Waals surface area contributed by atoms with Gasteiger partial charge < -0.3 is 19.4 Å². The fourth-order valence-corrected chi connectivity index (χ4v) is 4.36. The van der Waals surface area contributed by atoms with Crippen molar-refractivity contribution < 1.29 is 14.3 Å². The van der Waals surface area contributed by atoms with Crippen LogP contribution in [0.5, 0.6) is 5.75 Å². The number of hydrogen-bond donors (Lipinski definition) is 0. The molecule has 2 amide bonds. The van der Waals surface area contributed by atoms with Crippen molar-refractivity contribution in [1.29, 1.82) is 0 Å². The number of ether oxygens (including phenoxy) is 1. The average molecular weight is 393 g/mol. The second-order valence-corrected chi connectivity index (χ2v) is 7.66. The fourth-order valence-electron chi connectivity index (χ4n) is 4.36. The Kier molecular flexibility index (Phi) is 5.43. The normalized spacial score (nSPS) is 18.6. The number of benzene rings is 2. The summed E-state index contributed by atoms with van der Waals surface area (Å²) in [5.74, 6) is 0.634. The molecule has 0 aliphatic carbocycles. The number of fused-ring (bicyclic) bond motifs is 1. The molecule has 0 saturated carbocycles. The van der Waals surface area contributed by atoms with E-state index in [1.54, 1.807) is 16.9 Å². The molecule has 1 saturated heterocycles. The van der Waals surface area contributed by atoms with E-state index in [0.717, 1.165) is 36.6 Å². The number of nitrogens with zero attached hydrogens (tertiary/aromatic N) is 3. The first-order valence-corrected chi connectivity index (χ1v) is 10.1. The topological polar surface area (TPSA) is 53.1 Å². The van der Waals surface area contributed by atoms with Gasteiger partial charge in [-0.15, -0.1) is 0 Å². The summed E-state index contributed by atoms with van der Waals surface area (Å²) < 4.78 is 5.45. The van der Waals surface area contributed by atoms with Gasteiger partial charge in [-0.2, -0.15) is 0 Å². The highest BCUT2D eigenvalue weighted by atomic mass is 16.5. The number of para-hydroxylation sites is 3. The lowest BCUT2D eigenvalue weighted by atomic mass is 10.1. The van der Waals surface area contributed by atoms with E-state index >= 15 is 0 Å². The number of amides is 2. The zero-order valence-corrected chi connectivity index (χ0v) is 17.0. The Labute approximate surface area is 171 Å². The van der Waals surface area contributed by atoms with Gasteiger partial charge in [-0.05, 0) is 37.1 Å². The summed E-state index contributed by atoms with van der Waals surface area (Å²) in [5.41, 5.74) is 3.16. The van der Waals surface area contributed by atoms with Crippen molar-refractivity contribution in [3.05, 3.63) is 54.1 Å². The van der Waals surface area contributed by atoms with Crippen LogP contribution >= 0.6 is 0 Å². The Morgan fingerprint density at radius 3 is 2.31 bits per heavy atom. The second-order valence-electron chi connectivity index (χ2n) is 7.66. The maximum Gasteiger partial charge on any atom is 0.236 e. The number of hydrogen-bond acceptors (Lipinski definition) is 4. The maximum atomic E-state index is 12.9. The summed E-state index contributed by atoms with van der Waals surface area (Å²) in [5, 5.41) is 0. The summed E-state index contributed by atoms with van der Waals surface area (Å²) >= 11 is 0. The van der Waals surface area contributed by atoms with E-state index in [0.29, 0.717) is 13.1 Å². The minimum absolute atomic E-state index is 0.0761. The molecule has 4 rings (SSSR count). The zero-order chi connectivity index (χ0) is 20.4. The smallest absolute Gasteiger partial charge is 0.236 e. The summed E-state index contributed by atoms with van der Waals surface area (Å²) in [4.78, 5) is 31.5. The molecule has 2 aliphatic heterocycles. The summed E-state index contributed by atoms with van der Waals surface area (Å²) in [6.07, 6.45) is 0.765. The van der Waals surface area contributed by atoms with Crippen LogP contribution in [-0.4, -0.2) is 56.0 Å².